The van der Waals surface area contributed by atoms with E-state index in [4.69, 9.17) is 5.26 Å². The molecular formula is C12H13BrN2O2S. The summed E-state index contributed by atoms with van der Waals surface area (Å²) < 4.78 is 23.4. The van der Waals surface area contributed by atoms with Gasteiger partial charge in [-0.1, -0.05) is 6.07 Å². The normalized spacial score (nSPS) is 21.4. The van der Waals surface area contributed by atoms with Crippen LogP contribution in [0.4, 0.5) is 5.69 Å². The van der Waals surface area contributed by atoms with Crippen molar-refractivity contribution >= 4 is 31.5 Å². The number of nitrogens with one attached hydrogen (secondary N) is 1. The van der Waals surface area contributed by atoms with Crippen LogP contribution in [-0.2, 0) is 9.84 Å². The highest BCUT2D eigenvalue weighted by molar-refractivity contribution is 9.10. The smallest absolute Gasteiger partial charge is 0.150 e. The predicted molar refractivity (Wildman–Crippen MR) is 74.1 cm³/mol. The summed E-state index contributed by atoms with van der Waals surface area (Å²) in [5, 5.41) is 12.2. The van der Waals surface area contributed by atoms with Crippen LogP contribution in [0.3, 0.4) is 0 Å². The van der Waals surface area contributed by atoms with Gasteiger partial charge in [0.15, 0.2) is 9.84 Å². The minimum atomic E-state index is -2.84. The van der Waals surface area contributed by atoms with Crippen molar-refractivity contribution < 1.29 is 8.42 Å². The first-order chi connectivity index (χ1) is 8.52. The molecule has 2 rings (SSSR count). The topological polar surface area (TPSA) is 70.0 Å². The lowest BCUT2D eigenvalue weighted by Crippen LogP contribution is -2.16. The van der Waals surface area contributed by atoms with Gasteiger partial charge in [0, 0.05) is 11.0 Å². The predicted octanol–water partition coefficient (Wildman–Crippen LogP) is 2.17. The van der Waals surface area contributed by atoms with Crippen molar-refractivity contribution in [3.63, 3.8) is 0 Å². The second-order valence-electron chi connectivity index (χ2n) is 4.42. The number of hydrogen-bond donors (Lipinski definition) is 1. The number of nitriles is 1. The summed E-state index contributed by atoms with van der Waals surface area (Å²) in [6, 6.07) is 7.61. The zero-order valence-electron chi connectivity index (χ0n) is 9.69. The Morgan fingerprint density at radius 1 is 1.50 bits per heavy atom. The zero-order valence-corrected chi connectivity index (χ0v) is 12.1. The number of sulfone groups is 1. The fraction of sp³-hybridized carbons (Fsp3) is 0.417. The van der Waals surface area contributed by atoms with E-state index in [9.17, 15) is 8.42 Å². The fourth-order valence-electron chi connectivity index (χ4n) is 2.07. The minimum Gasteiger partial charge on any atom is -0.384 e. The van der Waals surface area contributed by atoms with Crippen molar-refractivity contribution in [3.8, 4) is 6.07 Å². The third-order valence-corrected chi connectivity index (χ3v) is 5.53. The SMILES string of the molecule is N#Cc1c(Br)cccc1NCC1CCS(=O)(=O)C1. The summed E-state index contributed by atoms with van der Waals surface area (Å²) in [5.74, 6) is 0.666. The molecule has 1 heterocycles. The molecule has 0 bridgehead atoms. The van der Waals surface area contributed by atoms with E-state index >= 15 is 0 Å². The molecule has 1 aromatic carbocycles. The molecule has 1 atom stereocenters. The van der Waals surface area contributed by atoms with Crippen molar-refractivity contribution in [2.75, 3.05) is 23.4 Å². The third kappa shape index (κ3) is 3.03. The largest absolute Gasteiger partial charge is 0.384 e. The molecule has 1 aliphatic rings. The summed E-state index contributed by atoms with van der Waals surface area (Å²) in [4.78, 5) is 0. The third-order valence-electron chi connectivity index (χ3n) is 3.03. The number of rotatable bonds is 3. The van der Waals surface area contributed by atoms with Gasteiger partial charge >= 0.3 is 0 Å². The van der Waals surface area contributed by atoms with E-state index in [1.54, 1.807) is 0 Å². The highest BCUT2D eigenvalue weighted by Gasteiger charge is 2.27. The van der Waals surface area contributed by atoms with Crippen LogP contribution in [0.5, 0.6) is 0 Å². The molecule has 96 valence electrons. The second-order valence-corrected chi connectivity index (χ2v) is 7.51. The molecule has 18 heavy (non-hydrogen) atoms. The van der Waals surface area contributed by atoms with Crippen LogP contribution in [-0.4, -0.2) is 26.5 Å². The molecule has 0 aromatic heterocycles. The van der Waals surface area contributed by atoms with Crippen LogP contribution in [0.2, 0.25) is 0 Å². The summed E-state index contributed by atoms with van der Waals surface area (Å²) in [6.07, 6.45) is 0.700. The molecular weight excluding hydrogens is 316 g/mol. The van der Waals surface area contributed by atoms with E-state index in [0.717, 1.165) is 10.2 Å². The Morgan fingerprint density at radius 3 is 2.89 bits per heavy atom. The van der Waals surface area contributed by atoms with Gasteiger partial charge in [0.2, 0.25) is 0 Å². The van der Waals surface area contributed by atoms with Crippen molar-refractivity contribution in [1.82, 2.24) is 0 Å². The fourth-order valence-corrected chi connectivity index (χ4v) is 4.39. The van der Waals surface area contributed by atoms with E-state index < -0.39 is 9.84 Å². The molecule has 1 N–H and O–H groups in total. The highest BCUT2D eigenvalue weighted by atomic mass is 79.9. The Bertz CT molecular complexity index is 593. The van der Waals surface area contributed by atoms with Crippen molar-refractivity contribution in [1.29, 1.82) is 5.26 Å². The lowest BCUT2D eigenvalue weighted by atomic mass is 10.1. The Kier molecular flexibility index (Phi) is 3.93. The maximum atomic E-state index is 11.3. The molecule has 0 amide bonds. The molecule has 6 heteroatoms. The average molecular weight is 329 g/mol. The first-order valence-electron chi connectivity index (χ1n) is 5.65. The van der Waals surface area contributed by atoms with Crippen LogP contribution in [0, 0.1) is 17.2 Å². The van der Waals surface area contributed by atoms with Gasteiger partial charge in [-0.05, 0) is 40.4 Å². The first kappa shape index (κ1) is 13.4. The molecule has 1 fully saturated rings. The van der Waals surface area contributed by atoms with Crippen molar-refractivity contribution in [2.24, 2.45) is 5.92 Å². The minimum absolute atomic E-state index is 0.139. The van der Waals surface area contributed by atoms with E-state index in [1.807, 2.05) is 18.2 Å². The number of hydrogen-bond acceptors (Lipinski definition) is 4. The lowest BCUT2D eigenvalue weighted by molar-refractivity contribution is 0.596. The quantitative estimate of drug-likeness (QED) is 0.923. The Hall–Kier alpha value is -1.06. The summed E-state index contributed by atoms with van der Waals surface area (Å²) in [5.41, 5.74) is 1.30. The maximum Gasteiger partial charge on any atom is 0.150 e. The van der Waals surface area contributed by atoms with E-state index in [1.165, 1.54) is 0 Å². The van der Waals surface area contributed by atoms with Crippen LogP contribution >= 0.6 is 15.9 Å². The molecule has 0 radical (unpaired) electrons. The van der Waals surface area contributed by atoms with Crippen LogP contribution < -0.4 is 5.32 Å². The Labute approximate surface area is 115 Å². The number of benzene rings is 1. The molecule has 1 aromatic rings. The molecule has 1 aliphatic heterocycles. The summed E-state index contributed by atoms with van der Waals surface area (Å²) >= 11 is 3.32. The number of halogens is 1. The molecule has 0 spiro atoms. The van der Waals surface area contributed by atoms with Crippen LogP contribution in [0.1, 0.15) is 12.0 Å². The Morgan fingerprint density at radius 2 is 2.28 bits per heavy atom. The van der Waals surface area contributed by atoms with Crippen molar-refractivity contribution in [3.05, 3.63) is 28.2 Å². The standard InChI is InChI=1S/C12H13BrN2O2S/c13-11-2-1-3-12(10(11)6-14)15-7-9-4-5-18(16,17)8-9/h1-3,9,15H,4-5,7-8H2. The summed E-state index contributed by atoms with van der Waals surface area (Å²) in [6.45, 7) is 0.588. The van der Waals surface area contributed by atoms with Gasteiger partial charge in [0.25, 0.3) is 0 Å². The van der Waals surface area contributed by atoms with E-state index in [0.29, 0.717) is 18.5 Å². The molecule has 0 aliphatic carbocycles. The van der Waals surface area contributed by atoms with Gasteiger partial charge in [0.05, 0.1) is 22.8 Å². The molecule has 1 saturated heterocycles. The van der Waals surface area contributed by atoms with Crippen LogP contribution in [0.25, 0.3) is 0 Å². The van der Waals surface area contributed by atoms with Gasteiger partial charge in [-0.15, -0.1) is 0 Å². The summed E-state index contributed by atoms with van der Waals surface area (Å²) in [7, 11) is -2.84. The zero-order chi connectivity index (χ0) is 13.2. The number of anilines is 1. The molecule has 4 nitrogen and oxygen atoms in total. The van der Waals surface area contributed by atoms with Crippen LogP contribution in [0.15, 0.2) is 22.7 Å². The van der Waals surface area contributed by atoms with E-state index in [2.05, 4.69) is 27.3 Å². The first-order valence-corrected chi connectivity index (χ1v) is 8.26. The van der Waals surface area contributed by atoms with E-state index in [-0.39, 0.29) is 17.4 Å². The monoisotopic (exact) mass is 328 g/mol. The molecule has 1 unspecified atom stereocenters. The second kappa shape index (κ2) is 5.29. The van der Waals surface area contributed by atoms with Gasteiger partial charge in [0.1, 0.15) is 6.07 Å². The van der Waals surface area contributed by atoms with Gasteiger partial charge in [-0.3, -0.25) is 0 Å². The Balaban J connectivity index is 2.04. The van der Waals surface area contributed by atoms with Gasteiger partial charge in [-0.25, -0.2) is 8.42 Å². The maximum absolute atomic E-state index is 11.3. The van der Waals surface area contributed by atoms with Gasteiger partial charge in [-0.2, -0.15) is 5.26 Å². The molecule has 0 saturated carbocycles. The highest BCUT2D eigenvalue weighted by Crippen LogP contribution is 2.25. The van der Waals surface area contributed by atoms with Crippen molar-refractivity contribution in [2.45, 2.75) is 6.42 Å². The average Bonchev–Trinajstić information content (AvgIpc) is 2.66. The van der Waals surface area contributed by atoms with Gasteiger partial charge < -0.3 is 5.32 Å². The number of nitrogens with zero attached hydrogens (tertiary/aromatic N) is 1. The lowest BCUT2D eigenvalue weighted by Gasteiger charge is -2.12.